The highest BCUT2D eigenvalue weighted by atomic mass is 32.2. The number of unbranched alkanes of at least 4 members (excludes halogenated alkanes) is 1. The quantitative estimate of drug-likeness (QED) is 0.101. The summed E-state index contributed by atoms with van der Waals surface area (Å²) in [6, 6.07) is 16.1. The van der Waals surface area contributed by atoms with Crippen LogP contribution in [0.25, 0.3) is 0 Å². The number of carbonyl (C=O) groups is 1. The van der Waals surface area contributed by atoms with E-state index >= 15 is 0 Å². The van der Waals surface area contributed by atoms with Crippen LogP contribution in [-0.2, 0) is 9.78 Å². The summed E-state index contributed by atoms with van der Waals surface area (Å²) in [6.07, 6.45) is 11.9. The van der Waals surface area contributed by atoms with Crippen molar-refractivity contribution in [2.45, 2.75) is 107 Å². The first-order valence-electron chi connectivity index (χ1n) is 17.7. The van der Waals surface area contributed by atoms with Gasteiger partial charge in [0.05, 0.1) is 24.9 Å². The molecule has 4 aliphatic rings. The molecular formula is C37H55N3O6S. The molecule has 2 unspecified atom stereocenters. The van der Waals surface area contributed by atoms with Crippen LogP contribution in [0.3, 0.4) is 0 Å². The number of nitrogens with two attached hydrogens (primary N) is 1. The van der Waals surface area contributed by atoms with E-state index in [1.54, 1.807) is 4.90 Å². The largest absolute Gasteiger partial charge is 0.494 e. The first-order valence-corrected chi connectivity index (χ1v) is 18.5. The first-order chi connectivity index (χ1) is 22.8. The summed E-state index contributed by atoms with van der Waals surface area (Å²) in [5.74, 6) is 2.73. The van der Waals surface area contributed by atoms with Crippen molar-refractivity contribution in [1.82, 2.24) is 9.80 Å². The summed E-state index contributed by atoms with van der Waals surface area (Å²) < 4.78 is 14.5. The lowest BCUT2D eigenvalue weighted by atomic mass is 9.70. The standard InChI is InChI=1S/C30H47N3O5.C7H8OS/c31-30(35)33-14-12-32(13-15-33)11-1-2-16-36-27-7-3-24(4-8-27)25-5-9-28(10-6-25)37-38-29-20-22-17-23(21-29)19-26(34)18-22;1-6-2-4-7(9-8)5-3-6/h3-4,7-8,22-23,25-26,28-29,34H,1-2,5-6,9-21H2,(H2,31,35);2-5,8H,1H3. The Morgan fingerprint density at radius 2 is 1.47 bits per heavy atom. The zero-order chi connectivity index (χ0) is 33.0. The highest BCUT2D eigenvalue weighted by Gasteiger charge is 2.37. The lowest BCUT2D eigenvalue weighted by Gasteiger charge is -2.40. The molecule has 2 aromatic rings. The molecule has 0 aromatic heterocycles. The van der Waals surface area contributed by atoms with Gasteiger partial charge in [-0.05, 0) is 132 Å². The number of urea groups is 1. The van der Waals surface area contributed by atoms with Crippen LogP contribution in [0.2, 0.25) is 0 Å². The molecule has 47 heavy (non-hydrogen) atoms. The molecule has 1 saturated heterocycles. The second-order valence-electron chi connectivity index (χ2n) is 14.0. The van der Waals surface area contributed by atoms with Gasteiger partial charge in [-0.3, -0.25) is 4.90 Å². The predicted octanol–water partition coefficient (Wildman–Crippen LogP) is 7.02. The summed E-state index contributed by atoms with van der Waals surface area (Å²) in [5.41, 5.74) is 7.96. The summed E-state index contributed by atoms with van der Waals surface area (Å²) in [5, 5.41) is 9.99. The first kappa shape index (κ1) is 36.0. The Balaban J connectivity index is 0.000000417. The number of primary amides is 1. The van der Waals surface area contributed by atoms with Gasteiger partial charge in [0.15, 0.2) is 0 Å². The van der Waals surface area contributed by atoms with Gasteiger partial charge in [0.2, 0.25) is 0 Å². The van der Waals surface area contributed by atoms with E-state index in [9.17, 15) is 9.90 Å². The third kappa shape index (κ3) is 11.6. The normalized spacial score (nSPS) is 27.9. The monoisotopic (exact) mass is 669 g/mol. The topological polar surface area (TPSA) is 118 Å². The van der Waals surface area contributed by atoms with E-state index in [0.29, 0.717) is 17.8 Å². The Labute approximate surface area is 285 Å². The molecule has 3 saturated carbocycles. The summed E-state index contributed by atoms with van der Waals surface area (Å²) >= 11 is 0.777. The van der Waals surface area contributed by atoms with Gasteiger partial charge in [-0.15, -0.1) is 0 Å². The number of aliphatic hydroxyl groups excluding tert-OH is 1. The minimum absolute atomic E-state index is 0.106. The third-order valence-electron chi connectivity index (χ3n) is 10.4. The fourth-order valence-corrected chi connectivity index (χ4v) is 7.99. The molecule has 4 N–H and O–H groups in total. The number of amides is 2. The van der Waals surface area contributed by atoms with Gasteiger partial charge in [0.25, 0.3) is 0 Å². The van der Waals surface area contributed by atoms with E-state index in [4.69, 9.17) is 24.8 Å². The van der Waals surface area contributed by atoms with Crippen LogP contribution in [0.5, 0.6) is 5.75 Å². The average molecular weight is 670 g/mol. The minimum Gasteiger partial charge on any atom is -0.494 e. The number of fused-ring (bicyclic) bond motifs is 2. The maximum Gasteiger partial charge on any atom is 0.314 e. The predicted molar refractivity (Wildman–Crippen MR) is 185 cm³/mol. The second kappa shape index (κ2) is 18.4. The molecular weight excluding hydrogens is 614 g/mol. The molecule has 2 atom stereocenters. The fraction of sp³-hybridized carbons (Fsp3) is 0.649. The molecule has 2 aromatic carbocycles. The van der Waals surface area contributed by atoms with Gasteiger partial charge in [-0.1, -0.05) is 29.8 Å². The Morgan fingerprint density at radius 1 is 0.830 bits per heavy atom. The number of rotatable bonds is 11. The van der Waals surface area contributed by atoms with Gasteiger partial charge in [-0.2, -0.15) is 0 Å². The molecule has 10 heteroatoms. The maximum absolute atomic E-state index is 11.2. The number of nitrogens with zero attached hydrogens (tertiary/aromatic N) is 2. The number of carbonyl (C=O) groups excluding carboxylic acids is 1. The van der Waals surface area contributed by atoms with Crippen LogP contribution in [0.4, 0.5) is 4.79 Å². The van der Waals surface area contributed by atoms with E-state index in [0.717, 1.165) is 126 Å². The number of ether oxygens (including phenoxy) is 1. The zero-order valence-electron chi connectivity index (χ0n) is 28.0. The van der Waals surface area contributed by atoms with Crippen LogP contribution < -0.4 is 10.5 Å². The number of piperazine rings is 1. The molecule has 9 nitrogen and oxygen atoms in total. The molecule has 2 amide bonds. The fourth-order valence-electron chi connectivity index (χ4n) is 7.74. The average Bonchev–Trinajstić information content (AvgIpc) is 3.08. The number of aryl methyl sites for hydroxylation is 1. The molecule has 4 fully saturated rings. The molecule has 0 radical (unpaired) electrons. The van der Waals surface area contributed by atoms with E-state index in [1.165, 1.54) is 17.5 Å². The van der Waals surface area contributed by atoms with Crippen LogP contribution in [0.1, 0.15) is 87.7 Å². The summed E-state index contributed by atoms with van der Waals surface area (Å²) in [7, 11) is 0. The van der Waals surface area contributed by atoms with E-state index < -0.39 is 0 Å². The molecule has 1 heterocycles. The molecule has 6 rings (SSSR count). The van der Waals surface area contributed by atoms with Gasteiger partial charge in [-0.25, -0.2) is 14.6 Å². The third-order valence-corrected chi connectivity index (χ3v) is 10.9. The van der Waals surface area contributed by atoms with Crippen molar-refractivity contribution < 1.29 is 29.0 Å². The Kier molecular flexibility index (Phi) is 14.1. The van der Waals surface area contributed by atoms with E-state index in [2.05, 4.69) is 29.2 Å². The van der Waals surface area contributed by atoms with Gasteiger partial charge in [0, 0.05) is 43.1 Å². The zero-order valence-corrected chi connectivity index (χ0v) is 28.8. The highest BCUT2D eigenvalue weighted by molar-refractivity contribution is 7.93. The summed E-state index contributed by atoms with van der Waals surface area (Å²) in [4.78, 5) is 28.1. The highest BCUT2D eigenvalue weighted by Crippen LogP contribution is 2.42. The van der Waals surface area contributed by atoms with Crippen LogP contribution >= 0.6 is 12.0 Å². The molecule has 260 valence electrons. The number of aliphatic hydroxyl groups is 1. The lowest BCUT2D eigenvalue weighted by molar-refractivity contribution is -0.363. The number of benzene rings is 2. The van der Waals surface area contributed by atoms with Gasteiger partial charge in [0.1, 0.15) is 5.75 Å². The maximum atomic E-state index is 11.2. The molecule has 2 bridgehead atoms. The van der Waals surface area contributed by atoms with Crippen molar-refractivity contribution >= 4 is 18.1 Å². The Hall–Kier alpha value is -2.34. The second-order valence-corrected chi connectivity index (χ2v) is 14.7. The van der Waals surface area contributed by atoms with Crippen molar-refractivity contribution in [3.63, 3.8) is 0 Å². The van der Waals surface area contributed by atoms with Crippen LogP contribution in [0, 0.1) is 18.8 Å². The van der Waals surface area contributed by atoms with Crippen LogP contribution in [-0.4, -0.2) is 83.1 Å². The molecule has 1 aliphatic heterocycles. The van der Waals surface area contributed by atoms with Crippen molar-refractivity contribution in [1.29, 1.82) is 0 Å². The van der Waals surface area contributed by atoms with Crippen molar-refractivity contribution in [3.8, 4) is 5.75 Å². The minimum atomic E-state index is -0.310. The SMILES string of the molecule is Cc1ccc(SO)cc1.NC(=O)N1CCN(CCCCOc2ccc(C3CCC(OOC4CC5CC(O)CC(C5)C4)CC3)cc2)CC1. The van der Waals surface area contributed by atoms with Gasteiger partial charge < -0.3 is 25.0 Å². The lowest BCUT2D eigenvalue weighted by Crippen LogP contribution is -2.50. The van der Waals surface area contributed by atoms with Crippen molar-refractivity contribution in [3.05, 3.63) is 59.7 Å². The van der Waals surface area contributed by atoms with E-state index in [-0.39, 0.29) is 24.3 Å². The molecule has 3 aliphatic carbocycles. The Morgan fingerprint density at radius 3 is 2.09 bits per heavy atom. The number of hydrogen-bond donors (Lipinski definition) is 3. The Bertz CT molecular complexity index is 1180. The van der Waals surface area contributed by atoms with Gasteiger partial charge >= 0.3 is 6.03 Å². The molecule has 0 spiro atoms. The van der Waals surface area contributed by atoms with Crippen molar-refractivity contribution in [2.75, 3.05) is 39.3 Å². The van der Waals surface area contributed by atoms with Crippen LogP contribution in [0.15, 0.2) is 53.4 Å². The summed E-state index contributed by atoms with van der Waals surface area (Å²) in [6.45, 7) is 7.05. The smallest absolute Gasteiger partial charge is 0.314 e. The van der Waals surface area contributed by atoms with E-state index in [1.807, 2.05) is 31.2 Å². The number of hydrogen-bond acceptors (Lipinski definition) is 8. The van der Waals surface area contributed by atoms with Crippen molar-refractivity contribution in [2.24, 2.45) is 17.6 Å².